The molecule has 214 valence electrons. The van der Waals surface area contributed by atoms with Gasteiger partial charge in [-0.15, -0.1) is 0 Å². The van der Waals surface area contributed by atoms with Gasteiger partial charge in [0.15, 0.2) is 0 Å². The number of hydrogen-bond donors (Lipinski definition) is 0. The minimum Gasteiger partial charge on any atom is -0.310 e. The van der Waals surface area contributed by atoms with Crippen molar-refractivity contribution in [3.63, 3.8) is 0 Å². The van der Waals surface area contributed by atoms with Gasteiger partial charge in [-0.05, 0) is 95.9 Å². The van der Waals surface area contributed by atoms with Crippen LogP contribution in [0.2, 0.25) is 0 Å². The lowest BCUT2D eigenvalue weighted by Crippen LogP contribution is -2.10. The van der Waals surface area contributed by atoms with E-state index in [0.717, 1.165) is 28.3 Å². The molecule has 0 amide bonds. The van der Waals surface area contributed by atoms with E-state index in [4.69, 9.17) is 0 Å². The van der Waals surface area contributed by atoms with Gasteiger partial charge in [0, 0.05) is 40.2 Å². The van der Waals surface area contributed by atoms with E-state index in [1.807, 2.05) is 24.5 Å². The summed E-state index contributed by atoms with van der Waals surface area (Å²) in [5.41, 5.74) is 12.9. The number of nitrogens with zero attached hydrogens (tertiary/aromatic N) is 3. The van der Waals surface area contributed by atoms with Gasteiger partial charge in [-0.3, -0.25) is 4.98 Å². The molecule has 0 saturated heterocycles. The van der Waals surface area contributed by atoms with Crippen LogP contribution < -0.4 is 4.90 Å². The van der Waals surface area contributed by atoms with E-state index in [9.17, 15) is 0 Å². The van der Waals surface area contributed by atoms with Gasteiger partial charge in [-0.2, -0.15) is 0 Å². The Balaban J connectivity index is 1.32. The Labute approximate surface area is 263 Å². The monoisotopic (exact) mass is 577 g/mol. The molecule has 8 aromatic rings. The molecular formula is C42H31N3. The molecule has 0 N–H and O–H groups in total. The topological polar surface area (TPSA) is 21.1 Å². The standard InChI is InChI=1S/C42H31N3/c1-30-14-20-35(21-15-30)44(36-22-16-32(17-23-36)31-8-3-2-4-9-31)40-12-7-13-41-42(40)38-10-5-6-11-39(38)45(41)37-24-18-33(19-25-37)34-26-28-43-29-27-34/h2-29H,1H3. The quantitative estimate of drug-likeness (QED) is 0.196. The van der Waals surface area contributed by atoms with E-state index in [1.165, 1.54) is 44.1 Å². The summed E-state index contributed by atoms with van der Waals surface area (Å²) in [6, 6.07) is 56.6. The number of fused-ring (bicyclic) bond motifs is 3. The summed E-state index contributed by atoms with van der Waals surface area (Å²) >= 11 is 0. The van der Waals surface area contributed by atoms with Crippen LogP contribution in [0.1, 0.15) is 5.56 Å². The first-order valence-electron chi connectivity index (χ1n) is 15.3. The van der Waals surface area contributed by atoms with Gasteiger partial charge in [-0.25, -0.2) is 0 Å². The maximum atomic E-state index is 4.18. The first-order valence-corrected chi connectivity index (χ1v) is 15.3. The van der Waals surface area contributed by atoms with E-state index >= 15 is 0 Å². The molecule has 0 aliphatic rings. The van der Waals surface area contributed by atoms with Crippen LogP contribution in [0.3, 0.4) is 0 Å². The highest BCUT2D eigenvalue weighted by atomic mass is 15.1. The lowest BCUT2D eigenvalue weighted by molar-refractivity contribution is 1.18. The molecule has 0 saturated carbocycles. The van der Waals surface area contributed by atoms with E-state index in [-0.39, 0.29) is 0 Å². The second kappa shape index (κ2) is 11.3. The van der Waals surface area contributed by atoms with Crippen molar-refractivity contribution >= 4 is 38.9 Å². The predicted octanol–water partition coefficient (Wildman–Crippen LogP) is 11.3. The number of aromatic nitrogens is 2. The zero-order valence-electron chi connectivity index (χ0n) is 25.0. The Hall–Kier alpha value is -5.93. The van der Waals surface area contributed by atoms with E-state index < -0.39 is 0 Å². The van der Waals surface area contributed by atoms with Crippen molar-refractivity contribution in [2.45, 2.75) is 6.92 Å². The molecular weight excluding hydrogens is 546 g/mol. The van der Waals surface area contributed by atoms with E-state index in [2.05, 4.69) is 167 Å². The number of hydrogen-bond acceptors (Lipinski definition) is 2. The molecule has 0 radical (unpaired) electrons. The normalized spacial score (nSPS) is 11.2. The Morgan fingerprint density at radius 3 is 1.73 bits per heavy atom. The molecule has 3 nitrogen and oxygen atoms in total. The third-order valence-corrected chi connectivity index (χ3v) is 8.58. The van der Waals surface area contributed by atoms with Crippen molar-refractivity contribution in [2.75, 3.05) is 4.90 Å². The number of anilines is 3. The summed E-state index contributed by atoms with van der Waals surface area (Å²) in [6.45, 7) is 2.14. The molecule has 0 aliphatic heterocycles. The van der Waals surface area contributed by atoms with Crippen molar-refractivity contribution in [3.8, 4) is 27.9 Å². The first kappa shape index (κ1) is 26.7. The van der Waals surface area contributed by atoms with Crippen molar-refractivity contribution in [1.29, 1.82) is 0 Å². The number of aryl methyl sites for hydroxylation is 1. The summed E-state index contributed by atoms with van der Waals surface area (Å²) in [7, 11) is 0. The summed E-state index contributed by atoms with van der Waals surface area (Å²) < 4.78 is 2.39. The molecule has 0 spiro atoms. The molecule has 8 rings (SSSR count). The maximum Gasteiger partial charge on any atom is 0.0562 e. The number of pyridine rings is 1. The van der Waals surface area contributed by atoms with Crippen LogP contribution in [-0.2, 0) is 0 Å². The van der Waals surface area contributed by atoms with Crippen molar-refractivity contribution < 1.29 is 0 Å². The van der Waals surface area contributed by atoms with Crippen molar-refractivity contribution in [2.24, 2.45) is 0 Å². The lowest BCUT2D eigenvalue weighted by Gasteiger charge is -2.27. The van der Waals surface area contributed by atoms with Gasteiger partial charge in [-0.1, -0.05) is 96.6 Å². The van der Waals surface area contributed by atoms with Gasteiger partial charge in [0.25, 0.3) is 0 Å². The molecule has 0 atom stereocenters. The zero-order chi connectivity index (χ0) is 30.2. The van der Waals surface area contributed by atoms with Crippen LogP contribution in [0.5, 0.6) is 0 Å². The molecule has 0 fully saturated rings. The van der Waals surface area contributed by atoms with Crippen LogP contribution in [0.25, 0.3) is 49.7 Å². The maximum absolute atomic E-state index is 4.18. The largest absolute Gasteiger partial charge is 0.310 e. The van der Waals surface area contributed by atoms with Gasteiger partial charge >= 0.3 is 0 Å². The van der Waals surface area contributed by atoms with Crippen molar-refractivity contribution in [1.82, 2.24) is 9.55 Å². The second-order valence-electron chi connectivity index (χ2n) is 11.4. The van der Waals surface area contributed by atoms with Crippen LogP contribution in [0.4, 0.5) is 17.1 Å². The van der Waals surface area contributed by atoms with Gasteiger partial charge in [0.1, 0.15) is 0 Å². The van der Waals surface area contributed by atoms with Gasteiger partial charge < -0.3 is 9.47 Å². The molecule has 0 aliphatic carbocycles. The molecule has 2 heterocycles. The second-order valence-corrected chi connectivity index (χ2v) is 11.4. The molecule has 45 heavy (non-hydrogen) atoms. The molecule has 0 unspecified atom stereocenters. The fourth-order valence-corrected chi connectivity index (χ4v) is 6.37. The Morgan fingerprint density at radius 2 is 1.02 bits per heavy atom. The third-order valence-electron chi connectivity index (χ3n) is 8.58. The number of benzene rings is 6. The summed E-state index contributed by atoms with van der Waals surface area (Å²) in [5.74, 6) is 0. The fourth-order valence-electron chi connectivity index (χ4n) is 6.37. The number of rotatable bonds is 6. The minimum atomic E-state index is 1.12. The summed E-state index contributed by atoms with van der Waals surface area (Å²) in [5, 5.41) is 2.44. The third kappa shape index (κ3) is 4.85. The van der Waals surface area contributed by atoms with Gasteiger partial charge in [0.2, 0.25) is 0 Å². The lowest BCUT2D eigenvalue weighted by atomic mass is 10.0. The summed E-state index contributed by atoms with van der Waals surface area (Å²) in [6.07, 6.45) is 3.68. The van der Waals surface area contributed by atoms with E-state index in [0.29, 0.717) is 0 Å². The molecule has 0 bridgehead atoms. The highest BCUT2D eigenvalue weighted by Crippen LogP contribution is 2.44. The molecule has 3 heteroatoms. The smallest absolute Gasteiger partial charge is 0.0562 e. The molecule has 2 aromatic heterocycles. The highest BCUT2D eigenvalue weighted by molar-refractivity contribution is 6.16. The average Bonchev–Trinajstić information content (AvgIpc) is 3.45. The minimum absolute atomic E-state index is 1.12. The van der Waals surface area contributed by atoms with Crippen LogP contribution in [0, 0.1) is 6.92 Å². The Bertz CT molecular complexity index is 2230. The van der Waals surface area contributed by atoms with Crippen molar-refractivity contribution in [3.05, 3.63) is 176 Å². The average molecular weight is 578 g/mol. The first-order chi connectivity index (χ1) is 22.2. The molecule has 6 aromatic carbocycles. The zero-order valence-corrected chi connectivity index (χ0v) is 25.0. The van der Waals surface area contributed by atoms with E-state index in [1.54, 1.807) is 0 Å². The Morgan fingerprint density at radius 1 is 0.467 bits per heavy atom. The SMILES string of the molecule is Cc1ccc(N(c2ccc(-c3ccccc3)cc2)c2cccc3c2c2ccccc2n3-c2ccc(-c3ccncc3)cc2)cc1. The highest BCUT2D eigenvalue weighted by Gasteiger charge is 2.21. The van der Waals surface area contributed by atoms with Crippen LogP contribution in [0.15, 0.2) is 170 Å². The van der Waals surface area contributed by atoms with Crippen LogP contribution >= 0.6 is 0 Å². The predicted molar refractivity (Wildman–Crippen MR) is 189 cm³/mol. The number of para-hydroxylation sites is 1. The Kier molecular flexibility index (Phi) is 6.69. The fraction of sp³-hybridized carbons (Fsp3) is 0.0238. The van der Waals surface area contributed by atoms with Crippen LogP contribution in [-0.4, -0.2) is 9.55 Å². The summed E-state index contributed by atoms with van der Waals surface area (Å²) in [4.78, 5) is 6.57. The van der Waals surface area contributed by atoms with Gasteiger partial charge in [0.05, 0.1) is 16.7 Å².